The number of pyridine rings is 1. The monoisotopic (exact) mass is 565 g/mol. The first-order valence-electron chi connectivity index (χ1n) is 13.6. The minimum absolute atomic E-state index is 0.0131. The summed E-state index contributed by atoms with van der Waals surface area (Å²) in [5, 5.41) is 18.5. The van der Waals surface area contributed by atoms with Crippen LogP contribution in [0.5, 0.6) is 5.88 Å². The van der Waals surface area contributed by atoms with E-state index in [9.17, 15) is 14.3 Å². The average Bonchev–Trinajstić information content (AvgIpc) is 3.65. The Labute approximate surface area is 241 Å². The first-order chi connectivity index (χ1) is 20.5. The van der Waals surface area contributed by atoms with Gasteiger partial charge in [-0.25, -0.2) is 14.2 Å². The van der Waals surface area contributed by atoms with E-state index in [4.69, 9.17) is 15.0 Å². The quantitative estimate of drug-likeness (QED) is 0.269. The Bertz CT molecular complexity index is 1770. The highest BCUT2D eigenvalue weighted by molar-refractivity contribution is 5.92. The molecule has 0 unspecified atom stereocenters. The number of carboxylic acids is 1. The predicted molar refractivity (Wildman–Crippen MR) is 154 cm³/mol. The number of nitrogens with zero attached hydrogens (tertiary/aromatic N) is 6. The van der Waals surface area contributed by atoms with E-state index < -0.39 is 11.8 Å². The van der Waals surface area contributed by atoms with Gasteiger partial charge in [0.2, 0.25) is 5.88 Å². The van der Waals surface area contributed by atoms with Crippen LogP contribution in [0.4, 0.5) is 10.2 Å². The maximum absolute atomic E-state index is 14.2. The number of aromatic amines is 1. The minimum Gasteiger partial charge on any atom is -0.478 e. The number of anilines is 1. The van der Waals surface area contributed by atoms with Crippen LogP contribution in [0.2, 0.25) is 0 Å². The van der Waals surface area contributed by atoms with Crippen molar-refractivity contribution >= 4 is 22.8 Å². The highest BCUT2D eigenvalue weighted by Gasteiger charge is 2.22. The van der Waals surface area contributed by atoms with Crippen molar-refractivity contribution in [2.24, 2.45) is 0 Å². The zero-order chi connectivity index (χ0) is 29.1. The van der Waals surface area contributed by atoms with Crippen LogP contribution in [-0.2, 0) is 19.7 Å². The molecule has 4 heterocycles. The van der Waals surface area contributed by atoms with Crippen molar-refractivity contribution < 1.29 is 19.0 Å². The van der Waals surface area contributed by atoms with Gasteiger partial charge in [-0.05, 0) is 48.5 Å². The summed E-state index contributed by atoms with van der Waals surface area (Å²) in [7, 11) is 0. The Morgan fingerprint density at radius 3 is 2.62 bits per heavy atom. The number of carbonyl (C=O) groups is 1. The van der Waals surface area contributed by atoms with E-state index in [0.29, 0.717) is 24.5 Å². The smallest absolute Gasteiger partial charge is 0.335 e. The average molecular weight is 566 g/mol. The minimum atomic E-state index is -0.966. The van der Waals surface area contributed by atoms with E-state index in [2.05, 4.69) is 24.3 Å². The molecule has 10 nitrogen and oxygen atoms in total. The number of aromatic carboxylic acids is 1. The predicted octanol–water partition coefficient (Wildman–Crippen LogP) is 4.42. The van der Waals surface area contributed by atoms with Crippen molar-refractivity contribution in [2.45, 2.75) is 19.7 Å². The van der Waals surface area contributed by atoms with E-state index in [0.717, 1.165) is 54.5 Å². The number of fused-ring (bicyclic) bond motifs is 1. The fourth-order valence-corrected chi connectivity index (χ4v) is 5.12. The number of nitriles is 1. The van der Waals surface area contributed by atoms with Crippen molar-refractivity contribution in [1.82, 2.24) is 24.4 Å². The molecule has 1 fully saturated rings. The Morgan fingerprint density at radius 1 is 1.02 bits per heavy atom. The lowest BCUT2D eigenvalue weighted by molar-refractivity contribution is 0.0697. The van der Waals surface area contributed by atoms with Gasteiger partial charge in [0.05, 0.1) is 41.3 Å². The normalized spacial score (nSPS) is 13.8. The zero-order valence-electron chi connectivity index (χ0n) is 22.7. The summed E-state index contributed by atoms with van der Waals surface area (Å²) in [4.78, 5) is 28.9. The van der Waals surface area contributed by atoms with Crippen molar-refractivity contribution in [3.05, 3.63) is 107 Å². The largest absolute Gasteiger partial charge is 0.478 e. The van der Waals surface area contributed by atoms with Crippen LogP contribution in [0.1, 0.15) is 33.0 Å². The number of ether oxygens (including phenoxy) is 1. The number of rotatable bonds is 9. The number of halogens is 1. The summed E-state index contributed by atoms with van der Waals surface area (Å²) in [5.74, 6) is 0.612. The topological polar surface area (TPSA) is 123 Å². The lowest BCUT2D eigenvalue weighted by atomic mass is 10.1. The number of aromatic nitrogens is 4. The van der Waals surface area contributed by atoms with E-state index in [1.54, 1.807) is 36.4 Å². The molecule has 1 saturated heterocycles. The van der Waals surface area contributed by atoms with Crippen molar-refractivity contribution in [2.75, 3.05) is 31.1 Å². The highest BCUT2D eigenvalue weighted by Crippen LogP contribution is 2.23. The second-order valence-corrected chi connectivity index (χ2v) is 10.1. The van der Waals surface area contributed by atoms with Crippen LogP contribution in [0.15, 0.2) is 72.9 Å². The third-order valence-corrected chi connectivity index (χ3v) is 7.39. The molecule has 1 aliphatic heterocycles. The van der Waals surface area contributed by atoms with E-state index in [1.807, 2.05) is 36.5 Å². The summed E-state index contributed by atoms with van der Waals surface area (Å²) in [6.07, 6.45) is 1.87. The van der Waals surface area contributed by atoms with Gasteiger partial charge in [-0.2, -0.15) is 10.2 Å². The van der Waals surface area contributed by atoms with Gasteiger partial charge in [-0.1, -0.05) is 12.1 Å². The fourth-order valence-electron chi connectivity index (χ4n) is 5.12. The van der Waals surface area contributed by atoms with E-state index in [1.165, 1.54) is 6.07 Å². The Hall–Kier alpha value is -5.21. The van der Waals surface area contributed by atoms with Crippen molar-refractivity contribution in [3.8, 4) is 11.9 Å². The summed E-state index contributed by atoms with van der Waals surface area (Å²) in [5.41, 5.74) is 3.42. The number of piperazine rings is 1. The van der Waals surface area contributed by atoms with Crippen molar-refractivity contribution in [1.29, 1.82) is 5.26 Å². The first kappa shape index (κ1) is 27.0. The molecule has 3 aromatic heterocycles. The lowest BCUT2D eigenvalue weighted by Crippen LogP contribution is -2.46. The molecule has 0 saturated carbocycles. The Kier molecular flexibility index (Phi) is 7.53. The molecule has 0 spiro atoms. The number of H-pyrrole nitrogens is 1. The van der Waals surface area contributed by atoms with Gasteiger partial charge in [-0.3, -0.25) is 4.90 Å². The number of carboxylic acid groups (broad SMARTS) is 1. The first-order valence-corrected chi connectivity index (χ1v) is 13.6. The Morgan fingerprint density at radius 2 is 1.88 bits per heavy atom. The SMILES string of the molecule is N#Cc1ccc(COc2cccc(N3CCN(Cc4nc5ccc(C(=O)O)cc5n4Cc4ccc[nH]4)CC3)n2)c(F)c1. The molecule has 2 aromatic carbocycles. The lowest BCUT2D eigenvalue weighted by Gasteiger charge is -2.35. The van der Waals surface area contributed by atoms with Gasteiger partial charge >= 0.3 is 5.97 Å². The molecule has 1 aliphatic rings. The van der Waals surface area contributed by atoms with E-state index in [-0.39, 0.29) is 17.7 Å². The molecule has 6 rings (SSSR count). The third kappa shape index (κ3) is 5.80. The summed E-state index contributed by atoms with van der Waals surface area (Å²) >= 11 is 0. The summed E-state index contributed by atoms with van der Waals surface area (Å²) in [6.45, 7) is 4.27. The molecule has 11 heteroatoms. The van der Waals surface area contributed by atoms with Gasteiger partial charge < -0.3 is 24.3 Å². The summed E-state index contributed by atoms with van der Waals surface area (Å²) < 4.78 is 22.1. The Balaban J connectivity index is 1.12. The molecule has 5 aromatic rings. The van der Waals surface area contributed by atoms with Gasteiger partial charge in [0.1, 0.15) is 24.1 Å². The molecule has 2 N–H and O–H groups in total. The number of imidazole rings is 1. The van der Waals surface area contributed by atoms with Gasteiger partial charge in [0.25, 0.3) is 0 Å². The molecular formula is C31H28FN7O3. The summed E-state index contributed by atoms with van der Waals surface area (Å²) in [6, 6.07) is 20.8. The molecule has 0 bridgehead atoms. The number of hydrogen-bond acceptors (Lipinski definition) is 7. The van der Waals surface area contributed by atoms with Crippen LogP contribution < -0.4 is 9.64 Å². The van der Waals surface area contributed by atoms with Gasteiger partial charge in [0.15, 0.2) is 0 Å². The van der Waals surface area contributed by atoms with Crippen molar-refractivity contribution in [3.63, 3.8) is 0 Å². The molecule has 0 radical (unpaired) electrons. The second-order valence-electron chi connectivity index (χ2n) is 10.1. The standard InChI is InChI=1S/C31H28FN7O3/c32-25-15-21(17-33)6-7-23(25)20-42-30-5-1-4-28(36-30)38-13-11-37(12-14-38)19-29-35-26-9-8-22(31(40)41)16-27(26)39(29)18-24-3-2-10-34-24/h1-10,15-16,34H,11-14,18-20H2,(H,40,41). The number of nitrogens with one attached hydrogen (secondary N) is 1. The fraction of sp³-hybridized carbons (Fsp3) is 0.226. The molecule has 0 amide bonds. The molecule has 212 valence electrons. The van der Waals surface area contributed by atoms with Gasteiger partial charge in [0, 0.05) is 49.7 Å². The van der Waals surface area contributed by atoms with Crippen LogP contribution >= 0.6 is 0 Å². The molecule has 0 aliphatic carbocycles. The highest BCUT2D eigenvalue weighted by atomic mass is 19.1. The van der Waals surface area contributed by atoms with E-state index >= 15 is 0 Å². The zero-order valence-corrected chi connectivity index (χ0v) is 22.7. The number of benzene rings is 2. The van der Waals surface area contributed by atoms with Gasteiger partial charge in [-0.15, -0.1) is 0 Å². The van der Waals surface area contributed by atoms with Crippen LogP contribution in [0.25, 0.3) is 11.0 Å². The maximum Gasteiger partial charge on any atom is 0.335 e. The maximum atomic E-state index is 14.2. The van der Waals surface area contributed by atoms with Crippen LogP contribution in [0.3, 0.4) is 0 Å². The second kappa shape index (κ2) is 11.7. The van der Waals surface area contributed by atoms with Crippen LogP contribution in [-0.4, -0.2) is 61.7 Å². The number of hydrogen-bond donors (Lipinski definition) is 2. The molecule has 0 atom stereocenters. The van der Waals surface area contributed by atoms with Crippen LogP contribution in [0, 0.1) is 17.1 Å². The molecular weight excluding hydrogens is 537 g/mol. The molecule has 42 heavy (non-hydrogen) atoms. The third-order valence-electron chi connectivity index (χ3n) is 7.39.